The van der Waals surface area contributed by atoms with Gasteiger partial charge in [0.25, 0.3) is 0 Å². The third kappa shape index (κ3) is 6.45. The standard InChI is InChI=1S/C20H31N5OS.HI/c1-15(2)16-14-27-19(24-16)13-23-20(21-3)22-12-17(18-8-7-11-26-18)25-9-5-4-6-10-25;/h7-8,11,14-15,17H,4-6,9-10,12-13H2,1-3H3,(H2,21,22,23);1H. The fraction of sp³-hybridized carbons (Fsp3) is 0.600. The average Bonchev–Trinajstić information content (AvgIpc) is 3.37. The Morgan fingerprint density at radius 3 is 2.68 bits per heavy atom. The topological polar surface area (TPSA) is 65.7 Å². The summed E-state index contributed by atoms with van der Waals surface area (Å²) in [6.45, 7) is 8.03. The van der Waals surface area contributed by atoms with E-state index in [1.807, 2.05) is 6.07 Å². The number of thiazole rings is 1. The summed E-state index contributed by atoms with van der Waals surface area (Å²) in [5, 5.41) is 10.1. The van der Waals surface area contributed by atoms with E-state index in [4.69, 9.17) is 4.42 Å². The maximum Gasteiger partial charge on any atom is 0.191 e. The molecule has 1 aliphatic rings. The molecular formula is C20H32IN5OS. The zero-order chi connectivity index (χ0) is 19.1. The predicted octanol–water partition coefficient (Wildman–Crippen LogP) is 4.37. The van der Waals surface area contributed by atoms with Gasteiger partial charge in [-0.15, -0.1) is 35.3 Å². The lowest BCUT2D eigenvalue weighted by Crippen LogP contribution is -2.44. The molecule has 6 nitrogen and oxygen atoms in total. The lowest BCUT2D eigenvalue weighted by Gasteiger charge is -2.33. The molecule has 1 fully saturated rings. The highest BCUT2D eigenvalue weighted by atomic mass is 127. The molecule has 0 saturated carbocycles. The van der Waals surface area contributed by atoms with Crippen LogP contribution in [0.5, 0.6) is 0 Å². The van der Waals surface area contributed by atoms with E-state index >= 15 is 0 Å². The van der Waals surface area contributed by atoms with Crippen LogP contribution in [-0.4, -0.2) is 42.5 Å². The second kappa shape index (κ2) is 11.8. The fourth-order valence-corrected chi connectivity index (χ4v) is 4.26. The number of rotatable bonds is 7. The van der Waals surface area contributed by atoms with Gasteiger partial charge in [-0.1, -0.05) is 20.3 Å². The van der Waals surface area contributed by atoms with Crippen molar-refractivity contribution in [1.82, 2.24) is 20.5 Å². The Bertz CT molecular complexity index is 710. The summed E-state index contributed by atoms with van der Waals surface area (Å²) in [6, 6.07) is 4.26. The van der Waals surface area contributed by atoms with Crippen LogP contribution in [-0.2, 0) is 6.54 Å². The number of halogens is 1. The summed E-state index contributed by atoms with van der Waals surface area (Å²) in [7, 11) is 1.81. The highest BCUT2D eigenvalue weighted by Crippen LogP contribution is 2.24. The van der Waals surface area contributed by atoms with Crippen molar-refractivity contribution in [3.8, 4) is 0 Å². The number of nitrogens with zero attached hydrogens (tertiary/aromatic N) is 3. The van der Waals surface area contributed by atoms with Crippen LogP contribution in [0.3, 0.4) is 0 Å². The molecule has 2 aromatic heterocycles. The van der Waals surface area contributed by atoms with E-state index in [1.54, 1.807) is 24.6 Å². The molecule has 2 aromatic rings. The molecule has 2 N–H and O–H groups in total. The predicted molar refractivity (Wildman–Crippen MR) is 127 cm³/mol. The molecule has 1 saturated heterocycles. The van der Waals surface area contributed by atoms with Gasteiger partial charge in [-0.25, -0.2) is 4.98 Å². The number of hydrogen-bond donors (Lipinski definition) is 2. The van der Waals surface area contributed by atoms with Gasteiger partial charge in [0, 0.05) is 19.0 Å². The van der Waals surface area contributed by atoms with Gasteiger partial charge in [0.1, 0.15) is 10.8 Å². The molecule has 0 aromatic carbocycles. The van der Waals surface area contributed by atoms with Crippen LogP contribution in [0.4, 0.5) is 0 Å². The fourth-order valence-electron chi connectivity index (χ4n) is 3.37. The first-order valence-electron chi connectivity index (χ1n) is 9.83. The van der Waals surface area contributed by atoms with Gasteiger partial charge in [-0.2, -0.15) is 0 Å². The van der Waals surface area contributed by atoms with Crippen molar-refractivity contribution in [3.63, 3.8) is 0 Å². The Morgan fingerprint density at radius 2 is 2.07 bits per heavy atom. The van der Waals surface area contributed by atoms with E-state index < -0.39 is 0 Å². The molecule has 8 heteroatoms. The maximum absolute atomic E-state index is 5.72. The second-order valence-corrected chi connectivity index (χ2v) is 8.20. The van der Waals surface area contributed by atoms with Crippen LogP contribution < -0.4 is 10.6 Å². The normalized spacial score (nSPS) is 16.6. The van der Waals surface area contributed by atoms with Gasteiger partial charge in [-0.05, 0) is 44.0 Å². The highest BCUT2D eigenvalue weighted by Gasteiger charge is 2.24. The molecule has 3 rings (SSSR count). The Hall–Kier alpha value is -1.13. The number of hydrogen-bond acceptors (Lipinski definition) is 5. The van der Waals surface area contributed by atoms with Gasteiger partial charge in [0.15, 0.2) is 5.96 Å². The van der Waals surface area contributed by atoms with Crippen molar-refractivity contribution >= 4 is 41.3 Å². The van der Waals surface area contributed by atoms with Gasteiger partial charge < -0.3 is 15.1 Å². The monoisotopic (exact) mass is 517 g/mol. The van der Waals surface area contributed by atoms with Gasteiger partial charge in [-0.3, -0.25) is 9.89 Å². The minimum Gasteiger partial charge on any atom is -0.468 e. The maximum atomic E-state index is 5.72. The Morgan fingerprint density at radius 1 is 1.29 bits per heavy atom. The molecule has 156 valence electrons. The average molecular weight is 517 g/mol. The summed E-state index contributed by atoms with van der Waals surface area (Å²) in [5.41, 5.74) is 1.16. The van der Waals surface area contributed by atoms with E-state index in [2.05, 4.69) is 50.8 Å². The lowest BCUT2D eigenvalue weighted by atomic mass is 10.1. The van der Waals surface area contributed by atoms with Crippen molar-refractivity contribution < 1.29 is 4.42 Å². The highest BCUT2D eigenvalue weighted by molar-refractivity contribution is 14.0. The summed E-state index contributed by atoms with van der Waals surface area (Å²) in [6.07, 6.45) is 5.59. The number of aliphatic imine (C=N–C) groups is 1. The number of guanidine groups is 1. The molecule has 1 unspecified atom stereocenters. The summed E-state index contributed by atoms with van der Waals surface area (Å²) < 4.78 is 5.72. The van der Waals surface area contributed by atoms with Crippen molar-refractivity contribution in [3.05, 3.63) is 40.2 Å². The molecule has 3 heterocycles. The van der Waals surface area contributed by atoms with E-state index in [0.717, 1.165) is 42.1 Å². The molecule has 0 spiro atoms. The van der Waals surface area contributed by atoms with Crippen LogP contribution in [0.2, 0.25) is 0 Å². The minimum absolute atomic E-state index is 0. The van der Waals surface area contributed by atoms with E-state index in [9.17, 15) is 0 Å². The van der Waals surface area contributed by atoms with Crippen LogP contribution in [0.25, 0.3) is 0 Å². The van der Waals surface area contributed by atoms with E-state index in [-0.39, 0.29) is 30.0 Å². The summed E-state index contributed by atoms with van der Waals surface area (Å²) >= 11 is 1.70. The summed E-state index contributed by atoms with van der Waals surface area (Å²) in [4.78, 5) is 11.6. The largest absolute Gasteiger partial charge is 0.468 e. The van der Waals surface area contributed by atoms with E-state index in [0.29, 0.717) is 12.5 Å². The van der Waals surface area contributed by atoms with Crippen LogP contribution in [0, 0.1) is 0 Å². The van der Waals surface area contributed by atoms with Crippen molar-refractivity contribution in [2.24, 2.45) is 4.99 Å². The van der Waals surface area contributed by atoms with Gasteiger partial charge in [0.05, 0.1) is 24.5 Å². The van der Waals surface area contributed by atoms with Crippen molar-refractivity contribution in [2.75, 3.05) is 26.7 Å². The molecule has 1 aliphatic heterocycles. The smallest absolute Gasteiger partial charge is 0.191 e. The van der Waals surface area contributed by atoms with Crippen LogP contribution in [0.15, 0.2) is 33.2 Å². The first-order valence-corrected chi connectivity index (χ1v) is 10.7. The second-order valence-electron chi connectivity index (χ2n) is 7.26. The number of aromatic nitrogens is 1. The van der Waals surface area contributed by atoms with Crippen LogP contribution in [0.1, 0.15) is 61.5 Å². The Kier molecular flexibility index (Phi) is 9.73. The Balaban J connectivity index is 0.00000280. The zero-order valence-corrected chi connectivity index (χ0v) is 20.1. The quantitative estimate of drug-likeness (QED) is 0.325. The number of furan rings is 1. The molecule has 0 radical (unpaired) electrons. The number of piperidine rings is 1. The Labute approximate surface area is 189 Å². The number of nitrogens with one attached hydrogen (secondary N) is 2. The van der Waals surface area contributed by atoms with Gasteiger partial charge >= 0.3 is 0 Å². The molecular weight excluding hydrogens is 485 g/mol. The molecule has 28 heavy (non-hydrogen) atoms. The SMILES string of the molecule is CN=C(NCc1nc(C(C)C)cs1)NCC(c1ccco1)N1CCCCC1.I. The lowest BCUT2D eigenvalue weighted by molar-refractivity contribution is 0.146. The van der Waals surface area contributed by atoms with Gasteiger partial charge in [0.2, 0.25) is 0 Å². The first kappa shape index (κ1) is 23.2. The minimum atomic E-state index is 0. The third-order valence-corrected chi connectivity index (χ3v) is 5.82. The zero-order valence-electron chi connectivity index (χ0n) is 17.0. The number of likely N-dealkylation sites (tertiary alicyclic amines) is 1. The summed E-state index contributed by atoms with van der Waals surface area (Å²) in [5.74, 6) is 2.28. The molecule has 0 amide bonds. The van der Waals surface area contributed by atoms with Crippen molar-refractivity contribution in [1.29, 1.82) is 0 Å². The first-order chi connectivity index (χ1) is 13.2. The van der Waals surface area contributed by atoms with E-state index in [1.165, 1.54) is 19.3 Å². The molecule has 0 aliphatic carbocycles. The molecule has 1 atom stereocenters. The molecule has 0 bridgehead atoms. The van der Waals surface area contributed by atoms with Crippen molar-refractivity contribution in [2.45, 2.75) is 51.6 Å². The van der Waals surface area contributed by atoms with Crippen LogP contribution >= 0.6 is 35.3 Å². The third-order valence-electron chi connectivity index (χ3n) is 4.96.